The number of anilines is 1. The molecule has 0 unspecified atom stereocenters. The number of aryl methyl sites for hydroxylation is 2. The molecule has 1 aromatic carbocycles. The number of rotatable bonds is 1. The van der Waals surface area contributed by atoms with Crippen molar-refractivity contribution in [3.63, 3.8) is 0 Å². The molecule has 0 saturated heterocycles. The van der Waals surface area contributed by atoms with E-state index in [4.69, 9.17) is 0 Å². The van der Waals surface area contributed by atoms with Crippen molar-refractivity contribution in [3.8, 4) is 11.3 Å². The molecule has 4 rings (SSSR count). The summed E-state index contributed by atoms with van der Waals surface area (Å²) in [7, 11) is 0. The third-order valence-electron chi connectivity index (χ3n) is 4.65. The predicted octanol–water partition coefficient (Wildman–Crippen LogP) is 4.55. The van der Waals surface area contributed by atoms with Crippen LogP contribution in [0.3, 0.4) is 0 Å². The molecule has 0 atom stereocenters. The maximum absolute atomic E-state index is 13.8. The Morgan fingerprint density at radius 3 is 2.31 bits per heavy atom. The Morgan fingerprint density at radius 1 is 1.00 bits per heavy atom. The molecule has 0 bridgehead atoms. The minimum atomic E-state index is -4.92. The molecule has 3 heterocycles. The average Bonchev–Trinajstić information content (AvgIpc) is 3.17. The van der Waals surface area contributed by atoms with E-state index < -0.39 is 29.4 Å². The van der Waals surface area contributed by atoms with Crippen molar-refractivity contribution >= 4 is 17.2 Å². The number of aromatic nitrogens is 3. The molecule has 0 spiro atoms. The Labute approximate surface area is 159 Å². The summed E-state index contributed by atoms with van der Waals surface area (Å²) in [5, 5.41) is 5.95. The van der Waals surface area contributed by atoms with E-state index in [1.807, 2.05) is 0 Å². The van der Waals surface area contributed by atoms with E-state index in [0.717, 1.165) is 6.07 Å². The van der Waals surface area contributed by atoms with Crippen LogP contribution in [0.4, 0.5) is 32.0 Å². The van der Waals surface area contributed by atoms with Crippen molar-refractivity contribution in [2.45, 2.75) is 32.6 Å². The summed E-state index contributed by atoms with van der Waals surface area (Å²) >= 11 is 0. The van der Waals surface area contributed by atoms with Gasteiger partial charge in [-0.3, -0.25) is 4.79 Å². The van der Waals surface area contributed by atoms with Gasteiger partial charge in [-0.15, -0.1) is 5.10 Å². The van der Waals surface area contributed by atoms with Crippen molar-refractivity contribution < 1.29 is 31.1 Å². The first-order valence-corrected chi connectivity index (χ1v) is 8.35. The third kappa shape index (κ3) is 3.10. The number of carbonyl (C=O) groups excluding carboxylic acids is 1. The molecule has 5 nitrogen and oxygen atoms in total. The topological polar surface area (TPSA) is 59.3 Å². The van der Waals surface area contributed by atoms with Gasteiger partial charge in [0.15, 0.2) is 5.65 Å². The van der Waals surface area contributed by atoms with E-state index in [-0.39, 0.29) is 29.1 Å². The highest BCUT2D eigenvalue weighted by Crippen LogP contribution is 2.41. The number of nitrogens with one attached hydrogen (secondary N) is 1. The third-order valence-corrected chi connectivity index (χ3v) is 4.65. The molecule has 2 aromatic heterocycles. The van der Waals surface area contributed by atoms with Crippen molar-refractivity contribution in [2.24, 2.45) is 0 Å². The van der Waals surface area contributed by atoms with Gasteiger partial charge in [-0.2, -0.15) is 26.3 Å². The number of hydrogen-bond donors (Lipinski definition) is 1. The number of pyridine rings is 1. The molecular formula is C18H12F6N4O. The lowest BCUT2D eigenvalue weighted by Crippen LogP contribution is -2.13. The van der Waals surface area contributed by atoms with E-state index in [2.05, 4.69) is 15.4 Å². The number of amides is 1. The monoisotopic (exact) mass is 414 g/mol. The number of nitrogens with zero attached hydrogens (tertiary/aromatic N) is 3. The molecular weight excluding hydrogens is 402 g/mol. The lowest BCUT2D eigenvalue weighted by molar-refractivity contribution is -0.144. The van der Waals surface area contributed by atoms with Crippen LogP contribution in [0.2, 0.25) is 0 Å². The Hall–Kier alpha value is -3.11. The lowest BCUT2D eigenvalue weighted by atomic mass is 9.98. The molecule has 0 aliphatic carbocycles. The second-order valence-corrected chi connectivity index (χ2v) is 6.81. The Morgan fingerprint density at radius 2 is 1.69 bits per heavy atom. The molecule has 0 radical (unpaired) electrons. The summed E-state index contributed by atoms with van der Waals surface area (Å²) in [4.78, 5) is 15.0. The minimum Gasteiger partial charge on any atom is -0.325 e. The highest BCUT2D eigenvalue weighted by molar-refractivity contribution is 6.00. The number of alkyl halides is 6. The van der Waals surface area contributed by atoms with Crippen LogP contribution in [0, 0.1) is 13.8 Å². The Balaban J connectivity index is 2.09. The standard InChI is InChI=1S/C18H12F6N4O/c1-7-3-10(5-9-6-12(29)25-13(7)9)14-11(17(19,20)21)4-8(2)15-26-16(18(22,23)24)27-28(14)15/h3-5H,6H2,1-2H3,(H,25,29). The van der Waals surface area contributed by atoms with Gasteiger partial charge < -0.3 is 5.32 Å². The predicted molar refractivity (Wildman–Crippen MR) is 90.2 cm³/mol. The van der Waals surface area contributed by atoms with Crippen LogP contribution in [0.15, 0.2) is 18.2 Å². The first kappa shape index (κ1) is 19.2. The minimum absolute atomic E-state index is 0.00583. The van der Waals surface area contributed by atoms with E-state index in [1.54, 1.807) is 6.92 Å². The number of benzene rings is 1. The molecule has 1 amide bonds. The first-order valence-electron chi connectivity index (χ1n) is 8.35. The van der Waals surface area contributed by atoms with Gasteiger partial charge in [0.25, 0.3) is 5.82 Å². The smallest absolute Gasteiger partial charge is 0.325 e. The number of hydrogen-bond acceptors (Lipinski definition) is 3. The van der Waals surface area contributed by atoms with Gasteiger partial charge in [-0.05, 0) is 48.7 Å². The van der Waals surface area contributed by atoms with Crippen LogP contribution >= 0.6 is 0 Å². The average molecular weight is 414 g/mol. The molecule has 0 saturated carbocycles. The Kier molecular flexibility index (Phi) is 3.94. The Bertz CT molecular complexity index is 1180. The van der Waals surface area contributed by atoms with E-state index in [0.29, 0.717) is 21.3 Å². The van der Waals surface area contributed by atoms with E-state index >= 15 is 0 Å². The lowest BCUT2D eigenvalue weighted by Gasteiger charge is -2.17. The van der Waals surface area contributed by atoms with Gasteiger partial charge in [-0.25, -0.2) is 9.50 Å². The number of halogens is 6. The fraction of sp³-hybridized carbons (Fsp3) is 0.278. The highest BCUT2D eigenvalue weighted by Gasteiger charge is 2.40. The van der Waals surface area contributed by atoms with Crippen LogP contribution in [0.25, 0.3) is 16.9 Å². The molecule has 11 heteroatoms. The first-order chi connectivity index (χ1) is 13.4. The van der Waals surface area contributed by atoms with Gasteiger partial charge in [0, 0.05) is 11.3 Å². The summed E-state index contributed by atoms with van der Waals surface area (Å²) in [6.07, 6.45) is -9.80. The van der Waals surface area contributed by atoms with Gasteiger partial charge in [0.1, 0.15) is 0 Å². The van der Waals surface area contributed by atoms with Crippen molar-refractivity contribution in [1.82, 2.24) is 14.6 Å². The van der Waals surface area contributed by atoms with Gasteiger partial charge in [-0.1, -0.05) is 0 Å². The van der Waals surface area contributed by atoms with Crippen LogP contribution < -0.4 is 5.32 Å². The van der Waals surface area contributed by atoms with Crippen molar-refractivity contribution in [1.29, 1.82) is 0 Å². The summed E-state index contributed by atoms with van der Waals surface area (Å²) in [6, 6.07) is 3.48. The zero-order valence-electron chi connectivity index (χ0n) is 15.0. The van der Waals surface area contributed by atoms with Gasteiger partial charge in [0.05, 0.1) is 17.7 Å². The maximum Gasteiger partial charge on any atom is 0.453 e. The normalized spacial score (nSPS) is 14.4. The van der Waals surface area contributed by atoms with E-state index in [9.17, 15) is 31.1 Å². The molecule has 1 aliphatic rings. The second-order valence-electron chi connectivity index (χ2n) is 6.81. The fourth-order valence-corrected chi connectivity index (χ4v) is 3.47. The van der Waals surface area contributed by atoms with Crippen LogP contribution in [-0.4, -0.2) is 20.5 Å². The quantitative estimate of drug-likeness (QED) is 0.595. The van der Waals surface area contributed by atoms with Crippen LogP contribution in [0.1, 0.15) is 28.1 Å². The summed E-state index contributed by atoms with van der Waals surface area (Å²) < 4.78 is 81.2. The van der Waals surface area contributed by atoms with Gasteiger partial charge >= 0.3 is 12.4 Å². The summed E-state index contributed by atoms with van der Waals surface area (Å²) in [5.74, 6) is -1.85. The van der Waals surface area contributed by atoms with Crippen molar-refractivity contribution in [2.75, 3.05) is 5.32 Å². The second kappa shape index (κ2) is 5.94. The number of fused-ring (bicyclic) bond motifs is 2. The van der Waals surface area contributed by atoms with Gasteiger partial charge in [0.2, 0.25) is 5.91 Å². The molecule has 1 N–H and O–H groups in total. The summed E-state index contributed by atoms with van der Waals surface area (Å²) in [6.45, 7) is 2.83. The number of carbonyl (C=O) groups is 1. The van der Waals surface area contributed by atoms with Crippen molar-refractivity contribution in [3.05, 3.63) is 46.3 Å². The molecule has 0 fully saturated rings. The van der Waals surface area contributed by atoms with Crippen LogP contribution in [0.5, 0.6) is 0 Å². The maximum atomic E-state index is 13.8. The summed E-state index contributed by atoms with van der Waals surface area (Å²) in [5.41, 5.74) is -0.695. The van der Waals surface area contributed by atoms with Crippen LogP contribution in [-0.2, 0) is 23.6 Å². The molecule has 152 valence electrons. The molecule has 3 aromatic rings. The fourth-order valence-electron chi connectivity index (χ4n) is 3.47. The zero-order chi connectivity index (χ0) is 21.3. The van der Waals surface area contributed by atoms with E-state index in [1.165, 1.54) is 19.1 Å². The highest BCUT2D eigenvalue weighted by atomic mass is 19.4. The SMILES string of the molecule is Cc1cc(-c2c(C(F)(F)F)cc(C)c3nc(C(F)(F)F)nn23)cc2c1NC(=O)C2. The zero-order valence-corrected chi connectivity index (χ0v) is 15.0. The molecule has 29 heavy (non-hydrogen) atoms. The largest absolute Gasteiger partial charge is 0.453 e. The molecule has 1 aliphatic heterocycles.